The summed E-state index contributed by atoms with van der Waals surface area (Å²) < 4.78 is 12.4. The molecule has 1 N–H and O–H groups in total. The van der Waals surface area contributed by atoms with E-state index in [0.29, 0.717) is 19.1 Å². The van der Waals surface area contributed by atoms with Crippen molar-refractivity contribution < 1.29 is 9.47 Å². The second-order valence-electron chi connectivity index (χ2n) is 5.90. The molecule has 1 aromatic rings. The van der Waals surface area contributed by atoms with Gasteiger partial charge in [0, 0.05) is 13.0 Å². The summed E-state index contributed by atoms with van der Waals surface area (Å²) in [7, 11) is 0. The van der Waals surface area contributed by atoms with Crippen LogP contribution in [0.15, 0.2) is 22.2 Å². The molecule has 0 unspecified atom stereocenters. The summed E-state index contributed by atoms with van der Waals surface area (Å²) in [5.41, 5.74) is 2.44. The van der Waals surface area contributed by atoms with E-state index < -0.39 is 0 Å². The maximum Gasteiger partial charge on any atom is 0.175 e. The van der Waals surface area contributed by atoms with E-state index in [1.807, 2.05) is 0 Å². The molecule has 1 aliphatic rings. The van der Waals surface area contributed by atoms with Gasteiger partial charge in [-0.15, -0.1) is 0 Å². The van der Waals surface area contributed by atoms with Gasteiger partial charge in [-0.1, -0.05) is 25.5 Å². The number of nitrogens with one attached hydrogen (secondary N) is 1. The summed E-state index contributed by atoms with van der Waals surface area (Å²) in [6, 6.07) is 4.14. The lowest BCUT2D eigenvalue weighted by molar-refractivity contribution is 0.296. The zero-order valence-electron chi connectivity index (χ0n) is 13.0. The zero-order chi connectivity index (χ0) is 15.2. The van der Waals surface area contributed by atoms with E-state index >= 15 is 0 Å². The van der Waals surface area contributed by atoms with Gasteiger partial charge in [0.05, 0.1) is 17.7 Å². The molecule has 0 amide bonds. The molecule has 4 heteroatoms. The average molecular weight is 354 g/mol. The van der Waals surface area contributed by atoms with Crippen molar-refractivity contribution in [1.82, 2.24) is 5.32 Å². The maximum atomic E-state index is 5.76. The van der Waals surface area contributed by atoms with Crippen LogP contribution in [0.4, 0.5) is 0 Å². The third-order valence-corrected chi connectivity index (χ3v) is 3.78. The second-order valence-corrected chi connectivity index (χ2v) is 6.75. The van der Waals surface area contributed by atoms with Gasteiger partial charge < -0.3 is 14.8 Å². The van der Waals surface area contributed by atoms with E-state index in [1.54, 1.807) is 0 Å². The van der Waals surface area contributed by atoms with Crippen molar-refractivity contribution in [3.8, 4) is 11.5 Å². The lowest BCUT2D eigenvalue weighted by Crippen LogP contribution is -2.21. The summed E-state index contributed by atoms with van der Waals surface area (Å²) in [5.74, 6) is 2.32. The Labute approximate surface area is 135 Å². The van der Waals surface area contributed by atoms with Crippen LogP contribution in [0, 0.1) is 5.92 Å². The molecule has 0 saturated heterocycles. The average Bonchev–Trinajstić information content (AvgIpc) is 2.63. The number of rotatable bonds is 5. The monoisotopic (exact) mass is 353 g/mol. The smallest absolute Gasteiger partial charge is 0.175 e. The molecule has 0 aromatic heterocycles. The normalized spacial score (nSPS) is 15.2. The fraction of sp³-hybridized carbons (Fsp3) is 0.529. The molecule has 0 radical (unpaired) electrons. The van der Waals surface area contributed by atoms with Crippen molar-refractivity contribution in [3.05, 3.63) is 27.7 Å². The molecule has 0 atom stereocenters. The number of benzene rings is 1. The molecular weight excluding hydrogens is 330 g/mol. The molecule has 116 valence electrons. The summed E-state index contributed by atoms with van der Waals surface area (Å²) in [6.07, 6.45) is 3.11. The molecule has 0 aliphatic carbocycles. The van der Waals surface area contributed by atoms with Crippen LogP contribution in [0.1, 0.15) is 32.8 Å². The Balaban J connectivity index is 2.09. The van der Waals surface area contributed by atoms with Crippen LogP contribution < -0.4 is 14.8 Å². The van der Waals surface area contributed by atoms with Crippen molar-refractivity contribution in [2.45, 2.75) is 27.2 Å². The molecule has 0 spiro atoms. The molecule has 2 rings (SSSR count). The predicted molar refractivity (Wildman–Crippen MR) is 91.1 cm³/mol. The lowest BCUT2D eigenvalue weighted by Gasteiger charge is -2.11. The fourth-order valence-electron chi connectivity index (χ4n) is 2.23. The van der Waals surface area contributed by atoms with E-state index in [-0.39, 0.29) is 0 Å². The summed E-state index contributed by atoms with van der Waals surface area (Å²) >= 11 is 3.58. The summed E-state index contributed by atoms with van der Waals surface area (Å²) in [5, 5.41) is 3.46. The first-order chi connectivity index (χ1) is 10.1. The zero-order valence-corrected chi connectivity index (χ0v) is 14.6. The van der Waals surface area contributed by atoms with E-state index in [2.05, 4.69) is 60.2 Å². The highest BCUT2D eigenvalue weighted by Crippen LogP contribution is 2.38. The van der Waals surface area contributed by atoms with Gasteiger partial charge in [0.15, 0.2) is 11.5 Å². The molecule has 21 heavy (non-hydrogen) atoms. The highest BCUT2D eigenvalue weighted by atomic mass is 79.9. The minimum Gasteiger partial charge on any atom is -0.489 e. The first-order valence-electron chi connectivity index (χ1n) is 7.53. The summed E-state index contributed by atoms with van der Waals surface area (Å²) in [4.78, 5) is 0. The Morgan fingerprint density at radius 1 is 1.33 bits per heavy atom. The van der Waals surface area contributed by atoms with E-state index in [0.717, 1.165) is 41.0 Å². The van der Waals surface area contributed by atoms with Crippen LogP contribution in [0.2, 0.25) is 0 Å². The third kappa shape index (κ3) is 5.04. The van der Waals surface area contributed by atoms with Crippen LogP contribution in [0.5, 0.6) is 11.5 Å². The van der Waals surface area contributed by atoms with Gasteiger partial charge in [0.2, 0.25) is 0 Å². The Morgan fingerprint density at radius 2 is 2.10 bits per heavy atom. The van der Waals surface area contributed by atoms with E-state index in [4.69, 9.17) is 9.47 Å². The number of fused-ring (bicyclic) bond motifs is 1. The number of ether oxygens (including phenoxy) is 2. The van der Waals surface area contributed by atoms with Gasteiger partial charge in [-0.25, -0.2) is 0 Å². The molecule has 1 aromatic carbocycles. The van der Waals surface area contributed by atoms with Crippen LogP contribution in [0.3, 0.4) is 0 Å². The highest BCUT2D eigenvalue weighted by Gasteiger charge is 2.14. The van der Waals surface area contributed by atoms with Gasteiger partial charge in [-0.2, -0.15) is 0 Å². The van der Waals surface area contributed by atoms with Gasteiger partial charge in [0.1, 0.15) is 0 Å². The third-order valence-electron chi connectivity index (χ3n) is 3.19. The lowest BCUT2D eigenvalue weighted by atomic mass is 10.1. The first kappa shape index (κ1) is 16.4. The molecule has 0 fully saturated rings. The van der Waals surface area contributed by atoms with Crippen molar-refractivity contribution in [2.75, 3.05) is 26.3 Å². The Bertz CT molecular complexity index is 512. The molecule has 1 heterocycles. The number of hydrogen-bond acceptors (Lipinski definition) is 3. The van der Waals surface area contributed by atoms with Crippen molar-refractivity contribution in [2.24, 2.45) is 5.92 Å². The minimum atomic E-state index is 0.671. The van der Waals surface area contributed by atoms with Crippen LogP contribution in [-0.4, -0.2) is 26.3 Å². The highest BCUT2D eigenvalue weighted by molar-refractivity contribution is 9.10. The van der Waals surface area contributed by atoms with Crippen LogP contribution >= 0.6 is 15.9 Å². The van der Waals surface area contributed by atoms with Gasteiger partial charge >= 0.3 is 0 Å². The standard InChI is InChI=1S/C17H24BrNO2/c1-12(2)10-19-11-13(3)7-14-8-15(18)17-16(9-14)20-5-4-6-21-17/h7-9,12,19H,4-6,10-11H2,1-3H3. The first-order valence-corrected chi connectivity index (χ1v) is 8.32. The predicted octanol–water partition coefficient (Wildman–Crippen LogP) is 4.26. The maximum absolute atomic E-state index is 5.76. The van der Waals surface area contributed by atoms with Crippen LogP contribution in [0.25, 0.3) is 6.08 Å². The minimum absolute atomic E-state index is 0.671. The van der Waals surface area contributed by atoms with Gasteiger partial charge in [-0.3, -0.25) is 0 Å². The largest absolute Gasteiger partial charge is 0.489 e. The molecule has 3 nitrogen and oxygen atoms in total. The number of hydrogen-bond donors (Lipinski definition) is 1. The van der Waals surface area contributed by atoms with E-state index in [9.17, 15) is 0 Å². The second kappa shape index (κ2) is 7.85. The molecule has 0 saturated carbocycles. The van der Waals surface area contributed by atoms with E-state index in [1.165, 1.54) is 5.57 Å². The topological polar surface area (TPSA) is 30.5 Å². The van der Waals surface area contributed by atoms with Crippen molar-refractivity contribution in [1.29, 1.82) is 0 Å². The fourth-order valence-corrected chi connectivity index (χ4v) is 2.80. The van der Waals surface area contributed by atoms with Gasteiger partial charge in [0.25, 0.3) is 0 Å². The van der Waals surface area contributed by atoms with Gasteiger partial charge in [-0.05, 0) is 53.0 Å². The number of halogens is 1. The quantitative estimate of drug-likeness (QED) is 0.857. The molecule has 0 bridgehead atoms. The molecule has 1 aliphatic heterocycles. The van der Waals surface area contributed by atoms with Crippen molar-refractivity contribution >= 4 is 22.0 Å². The summed E-state index contributed by atoms with van der Waals surface area (Å²) in [6.45, 7) is 9.94. The Morgan fingerprint density at radius 3 is 2.86 bits per heavy atom. The Kier molecular flexibility index (Phi) is 6.12. The SMILES string of the molecule is CC(=Cc1cc(Br)c2c(c1)OCCCO2)CNCC(C)C. The van der Waals surface area contributed by atoms with Crippen molar-refractivity contribution in [3.63, 3.8) is 0 Å². The molecular formula is C17H24BrNO2. The van der Waals surface area contributed by atoms with Crippen LogP contribution in [-0.2, 0) is 0 Å². The Hall–Kier alpha value is -1.00.